The van der Waals surface area contributed by atoms with Gasteiger partial charge in [-0.2, -0.15) is 9.78 Å². The predicted octanol–water partition coefficient (Wildman–Crippen LogP) is 2.19. The molecule has 0 aliphatic carbocycles. The zero-order chi connectivity index (χ0) is 16.2. The lowest BCUT2D eigenvalue weighted by Crippen LogP contribution is -2.25. The molecule has 3 rings (SSSR count). The SMILES string of the molecule is Cc1ccc(NC(=O)c2ccc(=O)n(-c3ccccc3)n2)nc1. The van der Waals surface area contributed by atoms with Crippen LogP contribution in [-0.4, -0.2) is 20.7 Å². The molecule has 0 saturated carbocycles. The molecule has 114 valence electrons. The highest BCUT2D eigenvalue weighted by Crippen LogP contribution is 2.07. The number of para-hydroxylation sites is 1. The molecule has 0 unspecified atom stereocenters. The van der Waals surface area contributed by atoms with Crippen molar-refractivity contribution >= 4 is 11.7 Å². The van der Waals surface area contributed by atoms with E-state index in [4.69, 9.17) is 0 Å². The molecule has 2 heterocycles. The Kier molecular flexibility index (Phi) is 3.97. The summed E-state index contributed by atoms with van der Waals surface area (Å²) >= 11 is 0. The number of amides is 1. The largest absolute Gasteiger partial charge is 0.305 e. The summed E-state index contributed by atoms with van der Waals surface area (Å²) < 4.78 is 1.19. The van der Waals surface area contributed by atoms with Crippen LogP contribution in [0, 0.1) is 6.92 Å². The molecule has 0 fully saturated rings. The van der Waals surface area contributed by atoms with Crippen molar-refractivity contribution in [3.8, 4) is 5.69 Å². The van der Waals surface area contributed by atoms with Crippen molar-refractivity contribution in [1.82, 2.24) is 14.8 Å². The Morgan fingerprint density at radius 3 is 2.52 bits per heavy atom. The molecule has 0 aliphatic rings. The van der Waals surface area contributed by atoms with Gasteiger partial charge in [-0.25, -0.2) is 4.98 Å². The summed E-state index contributed by atoms with van der Waals surface area (Å²) in [5.74, 6) is 0.00546. The van der Waals surface area contributed by atoms with Crippen molar-refractivity contribution in [2.75, 3.05) is 5.32 Å². The molecule has 1 amide bonds. The van der Waals surface area contributed by atoms with Crippen LogP contribution in [0.5, 0.6) is 0 Å². The van der Waals surface area contributed by atoms with Gasteiger partial charge in [-0.3, -0.25) is 9.59 Å². The van der Waals surface area contributed by atoms with Crippen molar-refractivity contribution < 1.29 is 4.79 Å². The minimum atomic E-state index is -0.425. The zero-order valence-electron chi connectivity index (χ0n) is 12.4. The summed E-state index contributed by atoms with van der Waals surface area (Å²) in [6, 6.07) is 15.2. The molecule has 3 aromatic rings. The minimum Gasteiger partial charge on any atom is -0.305 e. The normalized spacial score (nSPS) is 10.3. The maximum Gasteiger partial charge on any atom is 0.277 e. The summed E-state index contributed by atoms with van der Waals surface area (Å²) in [6.07, 6.45) is 1.66. The average molecular weight is 306 g/mol. The lowest BCUT2D eigenvalue weighted by molar-refractivity contribution is 0.102. The van der Waals surface area contributed by atoms with Gasteiger partial charge >= 0.3 is 0 Å². The Labute approximate surface area is 132 Å². The third-order valence-corrected chi connectivity index (χ3v) is 3.19. The van der Waals surface area contributed by atoms with Crippen molar-refractivity contribution in [2.45, 2.75) is 6.92 Å². The Hall–Kier alpha value is -3.28. The van der Waals surface area contributed by atoms with Crippen LogP contribution in [0.15, 0.2) is 65.6 Å². The van der Waals surface area contributed by atoms with Gasteiger partial charge in [0.15, 0.2) is 0 Å². The van der Waals surface area contributed by atoms with Crippen LogP contribution in [-0.2, 0) is 0 Å². The van der Waals surface area contributed by atoms with Gasteiger partial charge in [-0.15, -0.1) is 0 Å². The van der Waals surface area contributed by atoms with Gasteiger partial charge in [0.05, 0.1) is 5.69 Å². The first-order valence-corrected chi connectivity index (χ1v) is 7.03. The number of benzene rings is 1. The van der Waals surface area contributed by atoms with Crippen molar-refractivity contribution in [2.24, 2.45) is 0 Å². The summed E-state index contributed by atoms with van der Waals surface area (Å²) in [6.45, 7) is 1.91. The second-order valence-corrected chi connectivity index (χ2v) is 4.98. The number of nitrogens with one attached hydrogen (secondary N) is 1. The van der Waals surface area contributed by atoms with E-state index < -0.39 is 5.91 Å². The van der Waals surface area contributed by atoms with Gasteiger partial charge < -0.3 is 5.32 Å². The van der Waals surface area contributed by atoms with E-state index in [1.165, 1.54) is 16.8 Å². The Balaban J connectivity index is 1.90. The van der Waals surface area contributed by atoms with Crippen molar-refractivity contribution in [3.05, 3.63) is 82.4 Å². The van der Waals surface area contributed by atoms with E-state index in [0.29, 0.717) is 11.5 Å². The Morgan fingerprint density at radius 2 is 1.83 bits per heavy atom. The van der Waals surface area contributed by atoms with Crippen molar-refractivity contribution in [3.63, 3.8) is 0 Å². The smallest absolute Gasteiger partial charge is 0.277 e. The van der Waals surface area contributed by atoms with Gasteiger partial charge in [0.25, 0.3) is 11.5 Å². The molecule has 2 aromatic heterocycles. The molecule has 1 aromatic carbocycles. The molecule has 0 saturated heterocycles. The molecule has 23 heavy (non-hydrogen) atoms. The highest BCUT2D eigenvalue weighted by Gasteiger charge is 2.11. The van der Waals surface area contributed by atoms with Crippen LogP contribution in [0.2, 0.25) is 0 Å². The maximum atomic E-state index is 12.3. The van der Waals surface area contributed by atoms with Gasteiger partial charge in [-0.1, -0.05) is 24.3 Å². The monoisotopic (exact) mass is 306 g/mol. The average Bonchev–Trinajstić information content (AvgIpc) is 2.58. The van der Waals surface area contributed by atoms with Crippen LogP contribution < -0.4 is 10.9 Å². The number of hydrogen-bond acceptors (Lipinski definition) is 4. The summed E-state index contributed by atoms with van der Waals surface area (Å²) in [7, 11) is 0. The molecule has 1 N–H and O–H groups in total. The van der Waals surface area contributed by atoms with Gasteiger partial charge in [0, 0.05) is 12.3 Å². The van der Waals surface area contributed by atoms with Gasteiger partial charge in [0.1, 0.15) is 11.5 Å². The molecule has 0 atom stereocenters. The van der Waals surface area contributed by atoms with E-state index in [2.05, 4.69) is 15.4 Å². The molecule has 0 aliphatic heterocycles. The Morgan fingerprint density at radius 1 is 1.04 bits per heavy atom. The van der Waals surface area contributed by atoms with Gasteiger partial charge in [0.2, 0.25) is 0 Å². The molecule has 0 bridgehead atoms. The standard InChI is InChI=1S/C17H14N4O2/c1-12-7-9-15(18-11-12)19-17(23)14-8-10-16(22)21(20-14)13-5-3-2-4-6-13/h2-11H,1H3,(H,18,19,23). The lowest BCUT2D eigenvalue weighted by Gasteiger charge is -2.07. The number of hydrogen-bond donors (Lipinski definition) is 1. The topological polar surface area (TPSA) is 76.9 Å². The second kappa shape index (κ2) is 6.23. The summed E-state index contributed by atoms with van der Waals surface area (Å²) in [5, 5.41) is 6.78. The van der Waals surface area contributed by atoms with Crippen LogP contribution in [0.3, 0.4) is 0 Å². The van der Waals surface area contributed by atoms with E-state index in [1.54, 1.807) is 36.5 Å². The zero-order valence-corrected chi connectivity index (χ0v) is 12.4. The number of anilines is 1. The summed E-state index contributed by atoms with van der Waals surface area (Å²) in [4.78, 5) is 28.3. The number of aryl methyl sites for hydroxylation is 1. The highest BCUT2D eigenvalue weighted by molar-refractivity contribution is 6.02. The maximum absolute atomic E-state index is 12.3. The number of rotatable bonds is 3. The fourth-order valence-electron chi connectivity index (χ4n) is 2.01. The molecule has 0 radical (unpaired) electrons. The second-order valence-electron chi connectivity index (χ2n) is 4.98. The van der Waals surface area contributed by atoms with E-state index in [9.17, 15) is 9.59 Å². The van der Waals surface area contributed by atoms with E-state index in [-0.39, 0.29) is 11.3 Å². The van der Waals surface area contributed by atoms with Crippen molar-refractivity contribution in [1.29, 1.82) is 0 Å². The highest BCUT2D eigenvalue weighted by atomic mass is 16.2. The first-order chi connectivity index (χ1) is 11.1. The van der Waals surface area contributed by atoms with Crippen LogP contribution in [0.1, 0.15) is 16.1 Å². The third kappa shape index (κ3) is 3.32. The fraction of sp³-hybridized carbons (Fsp3) is 0.0588. The lowest BCUT2D eigenvalue weighted by atomic mass is 10.3. The van der Waals surface area contributed by atoms with E-state index >= 15 is 0 Å². The van der Waals surface area contributed by atoms with Gasteiger partial charge in [-0.05, 0) is 36.8 Å². The molecule has 0 spiro atoms. The number of nitrogens with zero attached hydrogens (tertiary/aromatic N) is 3. The minimum absolute atomic E-state index is 0.135. The molecular weight excluding hydrogens is 292 g/mol. The van der Waals surface area contributed by atoms with E-state index in [0.717, 1.165) is 5.56 Å². The fourth-order valence-corrected chi connectivity index (χ4v) is 2.01. The molecule has 6 heteroatoms. The predicted molar refractivity (Wildman–Crippen MR) is 86.8 cm³/mol. The number of carbonyl (C=O) groups excluding carboxylic acids is 1. The number of pyridine rings is 1. The van der Waals surface area contributed by atoms with E-state index in [1.807, 2.05) is 19.1 Å². The van der Waals surface area contributed by atoms with Crippen LogP contribution >= 0.6 is 0 Å². The first kappa shape index (κ1) is 14.6. The number of carbonyl (C=O) groups is 1. The number of aromatic nitrogens is 3. The summed E-state index contributed by atoms with van der Waals surface area (Å²) in [5.41, 5.74) is 1.43. The molecule has 6 nitrogen and oxygen atoms in total. The molecular formula is C17H14N4O2. The third-order valence-electron chi connectivity index (χ3n) is 3.19. The first-order valence-electron chi connectivity index (χ1n) is 7.03. The Bertz CT molecular complexity index is 886. The van der Waals surface area contributed by atoms with Crippen LogP contribution in [0.25, 0.3) is 5.69 Å². The van der Waals surface area contributed by atoms with Crippen LogP contribution in [0.4, 0.5) is 5.82 Å². The quantitative estimate of drug-likeness (QED) is 0.804.